The van der Waals surface area contributed by atoms with Gasteiger partial charge in [-0.05, 0) is 37.5 Å². The van der Waals surface area contributed by atoms with E-state index < -0.39 is 11.6 Å². The lowest BCUT2D eigenvalue weighted by Crippen LogP contribution is -2.36. The van der Waals surface area contributed by atoms with Gasteiger partial charge in [-0.25, -0.2) is 23.7 Å². The molecular weight excluding hydrogens is 398 g/mol. The molecule has 8 heteroatoms. The molecule has 0 radical (unpaired) electrons. The molecular formula is C23H22F2N6. The molecule has 1 aromatic carbocycles. The monoisotopic (exact) mass is 420 g/mol. The average molecular weight is 420 g/mol. The first kappa shape index (κ1) is 18.6. The Morgan fingerprint density at radius 1 is 1.13 bits per heavy atom. The highest BCUT2D eigenvalue weighted by molar-refractivity contribution is 5.83. The van der Waals surface area contributed by atoms with Crippen LogP contribution in [0.2, 0.25) is 0 Å². The van der Waals surface area contributed by atoms with Crippen molar-refractivity contribution >= 4 is 17.0 Å². The van der Waals surface area contributed by atoms with Crippen LogP contribution in [0.15, 0.2) is 41.8 Å². The lowest BCUT2D eigenvalue weighted by atomic mass is 10.0. The third-order valence-electron chi connectivity index (χ3n) is 6.24. The van der Waals surface area contributed by atoms with E-state index in [1.54, 1.807) is 6.07 Å². The highest BCUT2D eigenvalue weighted by Crippen LogP contribution is 2.40. The number of hydrogen-bond acceptors (Lipinski definition) is 5. The van der Waals surface area contributed by atoms with Crippen LogP contribution in [0.25, 0.3) is 22.3 Å². The summed E-state index contributed by atoms with van der Waals surface area (Å²) in [5, 5.41) is 3.36. The molecule has 0 unspecified atom stereocenters. The smallest absolute Gasteiger partial charge is 0.230 e. The van der Waals surface area contributed by atoms with Crippen LogP contribution in [-0.4, -0.2) is 39.2 Å². The van der Waals surface area contributed by atoms with Crippen LogP contribution in [0, 0.1) is 18.6 Å². The van der Waals surface area contributed by atoms with Crippen molar-refractivity contribution in [1.29, 1.82) is 0 Å². The Balaban J connectivity index is 1.47. The minimum Gasteiger partial charge on any atom is -0.325 e. The van der Waals surface area contributed by atoms with Crippen LogP contribution in [0.4, 0.5) is 14.7 Å². The molecule has 0 saturated heterocycles. The molecule has 158 valence electrons. The van der Waals surface area contributed by atoms with E-state index in [1.165, 1.54) is 17.8 Å². The first-order valence-corrected chi connectivity index (χ1v) is 10.7. The molecule has 1 fully saturated rings. The number of anilines is 1. The summed E-state index contributed by atoms with van der Waals surface area (Å²) < 4.78 is 31.8. The zero-order valence-corrected chi connectivity index (χ0v) is 17.2. The standard InChI is InChI=1S/C23H22F2N6/c1-13-28-22-17(24)9-15(10-20(22)31(13)16-4-5-16)21-18(25)12-27-23(29-21)30-8-2-3-14-11-26-7-6-19(14)30/h2-3,9-10,12,16,26H,4-8,11H2,1H3. The number of hydrogen-bond donors (Lipinski definition) is 1. The maximum absolute atomic E-state index is 14.9. The molecule has 2 aliphatic heterocycles. The van der Waals surface area contributed by atoms with Crippen molar-refractivity contribution in [3.63, 3.8) is 0 Å². The van der Waals surface area contributed by atoms with Crippen LogP contribution in [-0.2, 0) is 0 Å². The zero-order valence-electron chi connectivity index (χ0n) is 17.2. The first-order valence-electron chi connectivity index (χ1n) is 10.7. The number of halogens is 2. The van der Waals surface area contributed by atoms with Crippen LogP contribution < -0.4 is 10.2 Å². The van der Waals surface area contributed by atoms with E-state index in [1.807, 2.05) is 11.8 Å². The van der Waals surface area contributed by atoms with Crippen LogP contribution in [0.3, 0.4) is 0 Å². The molecule has 2 aromatic heterocycles. The normalized spacial score (nSPS) is 18.7. The largest absolute Gasteiger partial charge is 0.325 e. The third kappa shape index (κ3) is 3.05. The molecule has 1 N–H and O–H groups in total. The summed E-state index contributed by atoms with van der Waals surface area (Å²) in [7, 11) is 0. The van der Waals surface area contributed by atoms with E-state index >= 15 is 0 Å². The highest BCUT2D eigenvalue weighted by Gasteiger charge is 2.29. The Labute approximate surface area is 178 Å². The predicted molar refractivity (Wildman–Crippen MR) is 115 cm³/mol. The van der Waals surface area contributed by atoms with Crippen molar-refractivity contribution < 1.29 is 8.78 Å². The lowest BCUT2D eigenvalue weighted by molar-refractivity contribution is 0.613. The number of nitrogens with one attached hydrogen (secondary N) is 1. The number of aryl methyl sites for hydroxylation is 1. The molecule has 0 bridgehead atoms. The van der Waals surface area contributed by atoms with Gasteiger partial charge < -0.3 is 14.8 Å². The Morgan fingerprint density at radius 2 is 2.00 bits per heavy atom. The third-order valence-corrected chi connectivity index (χ3v) is 6.24. The molecule has 0 amide bonds. The number of benzene rings is 1. The quantitative estimate of drug-likeness (QED) is 0.693. The molecule has 0 spiro atoms. The van der Waals surface area contributed by atoms with Crippen molar-refractivity contribution in [3.05, 3.63) is 59.2 Å². The van der Waals surface area contributed by atoms with Gasteiger partial charge in [0.15, 0.2) is 11.6 Å². The number of imidazole rings is 1. The molecule has 0 atom stereocenters. The van der Waals surface area contributed by atoms with Crippen LogP contribution in [0.1, 0.15) is 31.1 Å². The maximum Gasteiger partial charge on any atom is 0.230 e. The number of rotatable bonds is 3. The summed E-state index contributed by atoms with van der Waals surface area (Å²) in [6, 6.07) is 3.47. The van der Waals surface area contributed by atoms with Gasteiger partial charge in [0.1, 0.15) is 17.0 Å². The van der Waals surface area contributed by atoms with E-state index in [0.717, 1.165) is 43.9 Å². The number of fused-ring (bicyclic) bond motifs is 1. The van der Waals surface area contributed by atoms with E-state index in [-0.39, 0.29) is 5.69 Å². The molecule has 3 aromatic rings. The van der Waals surface area contributed by atoms with Crippen LogP contribution >= 0.6 is 0 Å². The summed E-state index contributed by atoms with van der Waals surface area (Å²) in [6.45, 7) is 4.19. The van der Waals surface area contributed by atoms with Crippen molar-refractivity contribution in [2.24, 2.45) is 0 Å². The van der Waals surface area contributed by atoms with Gasteiger partial charge in [-0.3, -0.25) is 0 Å². The fourth-order valence-corrected chi connectivity index (χ4v) is 4.66. The number of nitrogens with zero attached hydrogens (tertiary/aromatic N) is 5. The molecule has 6 rings (SSSR count). The van der Waals surface area contributed by atoms with E-state index in [4.69, 9.17) is 0 Å². The Kier molecular flexibility index (Phi) is 4.17. The molecule has 4 heterocycles. The maximum atomic E-state index is 14.9. The second kappa shape index (κ2) is 6.95. The van der Waals surface area contributed by atoms with Gasteiger partial charge in [0.25, 0.3) is 0 Å². The van der Waals surface area contributed by atoms with Crippen molar-refractivity contribution in [1.82, 2.24) is 24.8 Å². The fraction of sp³-hybridized carbons (Fsp3) is 0.348. The number of aromatic nitrogens is 4. The Hall–Kier alpha value is -3.13. The highest BCUT2D eigenvalue weighted by atomic mass is 19.1. The molecule has 1 saturated carbocycles. The topological polar surface area (TPSA) is 58.9 Å². The minimum absolute atomic E-state index is 0.109. The fourth-order valence-electron chi connectivity index (χ4n) is 4.66. The van der Waals surface area contributed by atoms with E-state index in [9.17, 15) is 8.78 Å². The summed E-state index contributed by atoms with van der Waals surface area (Å²) >= 11 is 0. The van der Waals surface area contributed by atoms with Gasteiger partial charge in [-0.15, -0.1) is 0 Å². The van der Waals surface area contributed by atoms with Gasteiger partial charge in [0.2, 0.25) is 5.95 Å². The van der Waals surface area contributed by atoms with E-state index in [0.29, 0.717) is 35.1 Å². The van der Waals surface area contributed by atoms with Crippen LogP contribution in [0.5, 0.6) is 0 Å². The summed E-state index contributed by atoms with van der Waals surface area (Å²) in [4.78, 5) is 15.2. The van der Waals surface area contributed by atoms with Gasteiger partial charge in [-0.2, -0.15) is 0 Å². The SMILES string of the molecule is Cc1nc2c(F)cc(-c3nc(N4CC=CC5=C4CCNC5)ncc3F)cc2n1C1CC1. The molecule has 31 heavy (non-hydrogen) atoms. The Bertz CT molecular complexity index is 1270. The summed E-state index contributed by atoms with van der Waals surface area (Å²) in [6.07, 6.45) is 8.32. The minimum atomic E-state index is -0.566. The Morgan fingerprint density at radius 3 is 2.84 bits per heavy atom. The van der Waals surface area contributed by atoms with Crippen molar-refractivity contribution in [2.45, 2.75) is 32.2 Å². The van der Waals surface area contributed by atoms with Gasteiger partial charge in [0.05, 0.1) is 11.7 Å². The molecule has 1 aliphatic carbocycles. The second-order valence-electron chi connectivity index (χ2n) is 8.36. The van der Waals surface area contributed by atoms with Gasteiger partial charge >= 0.3 is 0 Å². The molecule has 3 aliphatic rings. The predicted octanol–water partition coefficient (Wildman–Crippen LogP) is 4.04. The van der Waals surface area contributed by atoms with Gasteiger partial charge in [0, 0.05) is 43.4 Å². The lowest BCUT2D eigenvalue weighted by Gasteiger charge is -2.32. The second-order valence-corrected chi connectivity index (χ2v) is 8.36. The van der Waals surface area contributed by atoms with Crippen molar-refractivity contribution in [2.75, 3.05) is 24.5 Å². The summed E-state index contributed by atoms with van der Waals surface area (Å²) in [5.74, 6) is 0.188. The molecule has 6 nitrogen and oxygen atoms in total. The van der Waals surface area contributed by atoms with Gasteiger partial charge in [-0.1, -0.05) is 12.2 Å². The average Bonchev–Trinajstić information content (AvgIpc) is 3.55. The van der Waals surface area contributed by atoms with E-state index in [2.05, 4.69) is 37.0 Å². The summed E-state index contributed by atoms with van der Waals surface area (Å²) in [5.41, 5.74) is 3.89. The van der Waals surface area contributed by atoms with Crippen molar-refractivity contribution in [3.8, 4) is 11.3 Å². The zero-order chi connectivity index (χ0) is 21.1. The first-order chi connectivity index (χ1) is 15.1.